The highest BCUT2D eigenvalue weighted by Crippen LogP contribution is 2.31. The second kappa shape index (κ2) is 6.45. The second-order valence-electron chi connectivity index (χ2n) is 6.09. The zero-order valence-electron chi connectivity index (χ0n) is 13.8. The lowest BCUT2D eigenvalue weighted by atomic mass is 10.0. The van der Waals surface area contributed by atoms with Gasteiger partial charge < -0.3 is 16.0 Å². The zero-order chi connectivity index (χ0) is 17.3. The number of rotatable bonds is 5. The van der Waals surface area contributed by atoms with Crippen LogP contribution in [0.1, 0.15) is 34.1 Å². The molecule has 2 amide bonds. The summed E-state index contributed by atoms with van der Waals surface area (Å²) < 4.78 is 1.79. The number of likely N-dealkylation sites (N-methyl/N-ethyl adjacent to an activating group) is 1. The summed E-state index contributed by atoms with van der Waals surface area (Å²) in [5, 5.41) is 7.64. The zero-order valence-corrected chi connectivity index (χ0v) is 13.8. The molecule has 24 heavy (non-hydrogen) atoms. The van der Waals surface area contributed by atoms with Gasteiger partial charge in [0.15, 0.2) is 0 Å². The molecule has 0 aliphatic carbocycles. The molecule has 1 aliphatic heterocycles. The van der Waals surface area contributed by atoms with Gasteiger partial charge in [0.2, 0.25) is 11.8 Å². The molecule has 7 nitrogen and oxygen atoms in total. The lowest BCUT2D eigenvalue weighted by Crippen LogP contribution is -2.36. The van der Waals surface area contributed by atoms with Gasteiger partial charge in [0.1, 0.15) is 0 Å². The maximum atomic E-state index is 12.2. The molecule has 1 fully saturated rings. The van der Waals surface area contributed by atoms with Crippen molar-refractivity contribution in [2.75, 3.05) is 7.05 Å². The predicted molar refractivity (Wildman–Crippen MR) is 88.9 cm³/mol. The Balaban J connectivity index is 1.76. The van der Waals surface area contributed by atoms with Gasteiger partial charge in [0.05, 0.1) is 11.7 Å². The SMILES string of the molecule is CN1C(=O)C[C@@H](NCc2cccc(C(N)=O)c2)[C@@H]1c1ccnn1C. The van der Waals surface area contributed by atoms with Crippen LogP contribution in [0, 0.1) is 0 Å². The van der Waals surface area contributed by atoms with Crippen LogP contribution in [0.25, 0.3) is 0 Å². The van der Waals surface area contributed by atoms with Crippen LogP contribution in [0.5, 0.6) is 0 Å². The highest BCUT2D eigenvalue weighted by molar-refractivity contribution is 5.92. The van der Waals surface area contributed by atoms with E-state index in [0.717, 1.165) is 11.3 Å². The molecule has 1 aliphatic rings. The lowest BCUT2D eigenvalue weighted by Gasteiger charge is -2.25. The third-order valence-corrected chi connectivity index (χ3v) is 4.53. The normalized spacial score (nSPS) is 20.6. The molecule has 2 aromatic rings. The van der Waals surface area contributed by atoms with E-state index in [2.05, 4.69) is 10.4 Å². The molecule has 1 aromatic carbocycles. The Morgan fingerprint density at radius 1 is 1.38 bits per heavy atom. The molecule has 1 saturated heterocycles. The molecular formula is C17H21N5O2. The van der Waals surface area contributed by atoms with E-state index in [4.69, 9.17) is 5.73 Å². The van der Waals surface area contributed by atoms with Gasteiger partial charge in [-0.15, -0.1) is 0 Å². The molecule has 3 rings (SSSR count). The molecule has 0 unspecified atom stereocenters. The fourth-order valence-corrected chi connectivity index (χ4v) is 3.21. The molecular weight excluding hydrogens is 306 g/mol. The summed E-state index contributed by atoms with van der Waals surface area (Å²) in [4.78, 5) is 25.2. The van der Waals surface area contributed by atoms with Crippen molar-refractivity contribution in [1.82, 2.24) is 20.0 Å². The molecule has 126 valence electrons. The Labute approximate surface area is 140 Å². The maximum Gasteiger partial charge on any atom is 0.248 e. The van der Waals surface area contributed by atoms with Crippen molar-refractivity contribution in [3.63, 3.8) is 0 Å². The van der Waals surface area contributed by atoms with E-state index in [1.54, 1.807) is 27.9 Å². The predicted octanol–water partition coefficient (Wildman–Crippen LogP) is 0.581. The lowest BCUT2D eigenvalue weighted by molar-refractivity contribution is -0.127. The number of primary amides is 1. The van der Waals surface area contributed by atoms with Crippen molar-refractivity contribution in [3.8, 4) is 0 Å². The summed E-state index contributed by atoms with van der Waals surface area (Å²) in [6.45, 7) is 0.557. The largest absolute Gasteiger partial charge is 0.366 e. The van der Waals surface area contributed by atoms with Crippen LogP contribution in [0.2, 0.25) is 0 Å². The average molecular weight is 327 g/mol. The minimum atomic E-state index is -0.444. The van der Waals surface area contributed by atoms with Crippen molar-refractivity contribution in [2.45, 2.75) is 25.0 Å². The smallest absolute Gasteiger partial charge is 0.248 e. The number of carbonyl (C=O) groups is 2. The van der Waals surface area contributed by atoms with Gasteiger partial charge in [-0.25, -0.2) is 0 Å². The van der Waals surface area contributed by atoms with Crippen LogP contribution in [0.3, 0.4) is 0 Å². The first-order valence-electron chi connectivity index (χ1n) is 7.83. The first-order chi connectivity index (χ1) is 11.5. The molecule has 3 N–H and O–H groups in total. The van der Waals surface area contributed by atoms with Crippen LogP contribution >= 0.6 is 0 Å². The topological polar surface area (TPSA) is 93.2 Å². The number of hydrogen-bond acceptors (Lipinski definition) is 4. The minimum Gasteiger partial charge on any atom is -0.366 e. The number of likely N-dealkylation sites (tertiary alicyclic amines) is 1. The standard InChI is InChI=1S/C17H21N5O2/c1-21-15(23)9-13(16(21)14-6-7-20-22(14)2)19-10-11-4-3-5-12(8-11)17(18)24/h3-8,13,16,19H,9-10H2,1-2H3,(H2,18,24)/t13-,16-/m1/s1. The Morgan fingerprint density at radius 3 is 2.83 bits per heavy atom. The van der Waals surface area contributed by atoms with Crippen LogP contribution in [-0.4, -0.2) is 39.6 Å². The van der Waals surface area contributed by atoms with E-state index in [9.17, 15) is 9.59 Å². The van der Waals surface area contributed by atoms with E-state index in [1.165, 1.54) is 0 Å². The Hall–Kier alpha value is -2.67. The number of hydrogen-bond donors (Lipinski definition) is 2. The summed E-state index contributed by atoms with van der Waals surface area (Å²) in [5.74, 6) is -0.343. The summed E-state index contributed by atoms with van der Waals surface area (Å²) in [7, 11) is 3.69. The first-order valence-corrected chi connectivity index (χ1v) is 7.83. The molecule has 1 aromatic heterocycles. The van der Waals surface area contributed by atoms with E-state index >= 15 is 0 Å². The first kappa shape index (κ1) is 16.2. The number of aryl methyl sites for hydroxylation is 1. The molecule has 2 heterocycles. The number of carbonyl (C=O) groups excluding carboxylic acids is 2. The molecule has 0 bridgehead atoms. The monoisotopic (exact) mass is 327 g/mol. The molecule has 7 heteroatoms. The third kappa shape index (κ3) is 3.03. The molecule has 2 atom stereocenters. The van der Waals surface area contributed by atoms with Gasteiger partial charge >= 0.3 is 0 Å². The van der Waals surface area contributed by atoms with E-state index < -0.39 is 5.91 Å². The number of nitrogens with two attached hydrogens (primary N) is 1. The van der Waals surface area contributed by atoms with Crippen molar-refractivity contribution < 1.29 is 9.59 Å². The van der Waals surface area contributed by atoms with Crippen LogP contribution in [-0.2, 0) is 18.4 Å². The Bertz CT molecular complexity index is 770. The number of aromatic nitrogens is 2. The van der Waals surface area contributed by atoms with Crippen molar-refractivity contribution in [3.05, 3.63) is 53.3 Å². The summed E-state index contributed by atoms with van der Waals surface area (Å²) in [6.07, 6.45) is 2.17. The maximum absolute atomic E-state index is 12.2. The fraction of sp³-hybridized carbons (Fsp3) is 0.353. The number of nitrogens with one attached hydrogen (secondary N) is 1. The van der Waals surface area contributed by atoms with Crippen LogP contribution < -0.4 is 11.1 Å². The van der Waals surface area contributed by atoms with Gasteiger partial charge in [-0.3, -0.25) is 14.3 Å². The third-order valence-electron chi connectivity index (χ3n) is 4.53. The molecule has 0 saturated carbocycles. The Morgan fingerprint density at radius 2 is 2.17 bits per heavy atom. The number of benzene rings is 1. The van der Waals surface area contributed by atoms with Gasteiger partial charge in [-0.05, 0) is 23.8 Å². The van der Waals surface area contributed by atoms with Gasteiger partial charge in [0, 0.05) is 44.9 Å². The fourth-order valence-electron chi connectivity index (χ4n) is 3.21. The van der Waals surface area contributed by atoms with Gasteiger partial charge in [-0.1, -0.05) is 12.1 Å². The number of amides is 2. The van der Waals surface area contributed by atoms with E-state index in [-0.39, 0.29) is 18.0 Å². The quantitative estimate of drug-likeness (QED) is 0.840. The molecule has 0 spiro atoms. The summed E-state index contributed by atoms with van der Waals surface area (Å²) in [5.41, 5.74) is 7.75. The number of nitrogens with zero attached hydrogens (tertiary/aromatic N) is 3. The summed E-state index contributed by atoms with van der Waals surface area (Å²) in [6, 6.07) is 9.05. The highest BCUT2D eigenvalue weighted by Gasteiger charge is 2.39. The van der Waals surface area contributed by atoms with Crippen molar-refractivity contribution >= 4 is 11.8 Å². The highest BCUT2D eigenvalue weighted by atomic mass is 16.2. The molecule has 0 radical (unpaired) electrons. The van der Waals surface area contributed by atoms with E-state index in [0.29, 0.717) is 18.5 Å². The van der Waals surface area contributed by atoms with Crippen molar-refractivity contribution in [1.29, 1.82) is 0 Å². The summed E-state index contributed by atoms with van der Waals surface area (Å²) >= 11 is 0. The van der Waals surface area contributed by atoms with Crippen LogP contribution in [0.4, 0.5) is 0 Å². The average Bonchev–Trinajstić information content (AvgIpc) is 3.09. The second-order valence-corrected chi connectivity index (χ2v) is 6.09. The minimum absolute atomic E-state index is 0.0184. The van der Waals surface area contributed by atoms with E-state index in [1.807, 2.05) is 32.3 Å². The Kier molecular flexibility index (Phi) is 4.35. The van der Waals surface area contributed by atoms with Gasteiger partial charge in [0.25, 0.3) is 0 Å². The van der Waals surface area contributed by atoms with Crippen LogP contribution in [0.15, 0.2) is 36.5 Å². The van der Waals surface area contributed by atoms with Crippen molar-refractivity contribution in [2.24, 2.45) is 12.8 Å². The van der Waals surface area contributed by atoms with Gasteiger partial charge in [-0.2, -0.15) is 5.10 Å².